The van der Waals surface area contributed by atoms with Crippen molar-refractivity contribution in [1.82, 2.24) is 4.98 Å². The molecule has 0 aliphatic carbocycles. The lowest BCUT2D eigenvalue weighted by Crippen LogP contribution is -2.15. The number of pyridine rings is 1. The summed E-state index contributed by atoms with van der Waals surface area (Å²) in [6, 6.07) is 13.3. The maximum Gasteiger partial charge on any atom is 0.274 e. The van der Waals surface area contributed by atoms with Crippen LogP contribution in [0.3, 0.4) is 0 Å². The molecule has 4 nitrogen and oxygen atoms in total. The van der Waals surface area contributed by atoms with Crippen LogP contribution in [0.4, 0.5) is 11.4 Å². The average molecular weight is 291 g/mol. The summed E-state index contributed by atoms with van der Waals surface area (Å²) in [5, 5.41) is 4.49. The minimum Gasteiger partial charge on any atom is -0.398 e. The zero-order chi connectivity index (χ0) is 15.7. The molecule has 22 heavy (non-hydrogen) atoms. The lowest BCUT2D eigenvalue weighted by Gasteiger charge is -2.10. The minimum atomic E-state index is -0.256. The Labute approximate surface area is 129 Å². The molecule has 3 rings (SSSR count). The first-order valence-electron chi connectivity index (χ1n) is 7.07. The van der Waals surface area contributed by atoms with Crippen LogP contribution in [0.2, 0.25) is 0 Å². The molecule has 0 radical (unpaired) electrons. The van der Waals surface area contributed by atoms with Crippen molar-refractivity contribution in [3.8, 4) is 0 Å². The van der Waals surface area contributed by atoms with Crippen molar-refractivity contribution in [2.45, 2.75) is 13.8 Å². The summed E-state index contributed by atoms with van der Waals surface area (Å²) in [5.74, 6) is -0.256. The third-order valence-electron chi connectivity index (χ3n) is 3.52. The number of hydrogen-bond acceptors (Lipinski definition) is 3. The minimum absolute atomic E-state index is 0.256. The summed E-state index contributed by atoms with van der Waals surface area (Å²) in [6.07, 6.45) is 1.62. The van der Waals surface area contributed by atoms with Gasteiger partial charge in [0.1, 0.15) is 5.69 Å². The topological polar surface area (TPSA) is 68.0 Å². The predicted octanol–water partition coefficient (Wildman–Crippen LogP) is 3.69. The first kappa shape index (κ1) is 14.1. The fourth-order valence-electron chi connectivity index (χ4n) is 2.67. The number of carbonyl (C=O) groups is 1. The number of nitrogen functional groups attached to an aromatic ring is 1. The Kier molecular flexibility index (Phi) is 3.51. The lowest BCUT2D eigenvalue weighted by molar-refractivity contribution is 0.102. The predicted molar refractivity (Wildman–Crippen MR) is 90.0 cm³/mol. The number of carbonyl (C=O) groups excluding carboxylic acids is 1. The van der Waals surface area contributed by atoms with Crippen LogP contribution in [-0.2, 0) is 0 Å². The van der Waals surface area contributed by atoms with Gasteiger partial charge in [0, 0.05) is 23.0 Å². The molecule has 0 atom stereocenters. The van der Waals surface area contributed by atoms with Crippen LogP contribution in [-0.4, -0.2) is 10.9 Å². The van der Waals surface area contributed by atoms with Crippen LogP contribution >= 0.6 is 0 Å². The Hall–Kier alpha value is -2.88. The number of aromatic nitrogens is 1. The molecule has 0 bridgehead atoms. The van der Waals surface area contributed by atoms with E-state index in [9.17, 15) is 4.79 Å². The van der Waals surface area contributed by atoms with Gasteiger partial charge in [-0.3, -0.25) is 9.78 Å². The Morgan fingerprint density at radius 3 is 2.55 bits per heavy atom. The molecular weight excluding hydrogens is 274 g/mol. The van der Waals surface area contributed by atoms with E-state index in [1.54, 1.807) is 12.3 Å². The van der Waals surface area contributed by atoms with E-state index in [0.717, 1.165) is 22.2 Å². The monoisotopic (exact) mass is 291 g/mol. The van der Waals surface area contributed by atoms with E-state index in [-0.39, 0.29) is 5.91 Å². The molecule has 0 fully saturated rings. The van der Waals surface area contributed by atoms with E-state index in [2.05, 4.69) is 16.4 Å². The maximum absolute atomic E-state index is 12.6. The first-order chi connectivity index (χ1) is 10.5. The standard InChI is InChI=1S/C18H17N3O/c1-11-8-12(2)10-14(9-11)21-18(22)17-16-13(6-7-20-17)4-3-5-15(16)19/h3-10H,19H2,1-2H3,(H,21,22). The quantitative estimate of drug-likeness (QED) is 0.708. The molecule has 0 saturated carbocycles. The molecule has 3 N–H and O–H groups in total. The first-order valence-corrected chi connectivity index (χ1v) is 7.07. The van der Waals surface area contributed by atoms with Gasteiger partial charge in [0.25, 0.3) is 5.91 Å². The van der Waals surface area contributed by atoms with E-state index >= 15 is 0 Å². The van der Waals surface area contributed by atoms with Crippen molar-refractivity contribution >= 4 is 28.1 Å². The van der Waals surface area contributed by atoms with Crippen molar-refractivity contribution in [2.24, 2.45) is 0 Å². The van der Waals surface area contributed by atoms with E-state index < -0.39 is 0 Å². The highest BCUT2D eigenvalue weighted by atomic mass is 16.1. The maximum atomic E-state index is 12.6. The summed E-state index contributed by atoms with van der Waals surface area (Å²) in [4.78, 5) is 16.8. The number of amides is 1. The number of nitrogens with zero attached hydrogens (tertiary/aromatic N) is 1. The summed E-state index contributed by atoms with van der Waals surface area (Å²) in [7, 11) is 0. The molecule has 0 spiro atoms. The smallest absolute Gasteiger partial charge is 0.274 e. The average Bonchev–Trinajstić information content (AvgIpc) is 2.46. The zero-order valence-corrected chi connectivity index (χ0v) is 12.6. The van der Waals surface area contributed by atoms with Gasteiger partial charge in [-0.2, -0.15) is 0 Å². The molecule has 1 heterocycles. The van der Waals surface area contributed by atoms with E-state index in [1.165, 1.54) is 0 Å². The van der Waals surface area contributed by atoms with Gasteiger partial charge >= 0.3 is 0 Å². The van der Waals surface area contributed by atoms with Gasteiger partial charge in [0.2, 0.25) is 0 Å². The Balaban J connectivity index is 2.02. The summed E-state index contributed by atoms with van der Waals surface area (Å²) >= 11 is 0. The van der Waals surface area contributed by atoms with Gasteiger partial charge in [0.15, 0.2) is 0 Å². The molecule has 3 aromatic rings. The fourth-order valence-corrected chi connectivity index (χ4v) is 2.67. The van der Waals surface area contributed by atoms with Crippen LogP contribution in [0.25, 0.3) is 10.8 Å². The number of fused-ring (bicyclic) bond motifs is 1. The number of nitrogens with one attached hydrogen (secondary N) is 1. The SMILES string of the molecule is Cc1cc(C)cc(NC(=O)c2nccc3cccc(N)c23)c1. The lowest BCUT2D eigenvalue weighted by atomic mass is 10.1. The molecule has 0 aliphatic rings. The highest BCUT2D eigenvalue weighted by molar-refractivity contribution is 6.14. The summed E-state index contributed by atoms with van der Waals surface area (Å²) in [5.41, 5.74) is 9.87. The number of aryl methyl sites for hydroxylation is 2. The second-order valence-corrected chi connectivity index (χ2v) is 5.44. The van der Waals surface area contributed by atoms with Crippen LogP contribution in [0.15, 0.2) is 48.7 Å². The normalized spacial score (nSPS) is 10.6. The molecule has 2 aromatic carbocycles. The number of hydrogen-bond donors (Lipinski definition) is 2. The second-order valence-electron chi connectivity index (χ2n) is 5.44. The third-order valence-corrected chi connectivity index (χ3v) is 3.52. The molecule has 0 unspecified atom stereocenters. The van der Waals surface area contributed by atoms with Gasteiger partial charge in [-0.15, -0.1) is 0 Å². The van der Waals surface area contributed by atoms with Crippen LogP contribution < -0.4 is 11.1 Å². The number of benzene rings is 2. The van der Waals surface area contributed by atoms with Gasteiger partial charge in [-0.1, -0.05) is 18.2 Å². The molecule has 0 saturated heterocycles. The molecule has 110 valence electrons. The van der Waals surface area contributed by atoms with Crippen molar-refractivity contribution in [3.63, 3.8) is 0 Å². The Morgan fingerprint density at radius 1 is 1.09 bits per heavy atom. The van der Waals surface area contributed by atoms with Gasteiger partial charge in [0.05, 0.1) is 0 Å². The second kappa shape index (κ2) is 5.48. The van der Waals surface area contributed by atoms with Crippen LogP contribution in [0, 0.1) is 13.8 Å². The van der Waals surface area contributed by atoms with Crippen molar-refractivity contribution in [3.05, 3.63) is 65.5 Å². The van der Waals surface area contributed by atoms with Crippen LogP contribution in [0.5, 0.6) is 0 Å². The largest absolute Gasteiger partial charge is 0.398 e. The van der Waals surface area contributed by atoms with Crippen molar-refractivity contribution in [2.75, 3.05) is 11.1 Å². The van der Waals surface area contributed by atoms with Gasteiger partial charge < -0.3 is 11.1 Å². The number of rotatable bonds is 2. The van der Waals surface area contributed by atoms with Crippen LogP contribution in [0.1, 0.15) is 21.6 Å². The number of anilines is 2. The number of nitrogens with two attached hydrogens (primary N) is 1. The van der Waals surface area contributed by atoms with Crippen molar-refractivity contribution in [1.29, 1.82) is 0 Å². The highest BCUT2D eigenvalue weighted by Gasteiger charge is 2.14. The third kappa shape index (κ3) is 2.63. The van der Waals surface area contributed by atoms with Gasteiger partial charge in [-0.05, 0) is 54.6 Å². The summed E-state index contributed by atoms with van der Waals surface area (Å²) in [6.45, 7) is 3.99. The zero-order valence-electron chi connectivity index (χ0n) is 12.6. The van der Waals surface area contributed by atoms with E-state index in [4.69, 9.17) is 5.73 Å². The van der Waals surface area contributed by atoms with E-state index in [0.29, 0.717) is 16.8 Å². The molecular formula is C18H17N3O. The molecule has 4 heteroatoms. The van der Waals surface area contributed by atoms with Gasteiger partial charge in [-0.25, -0.2) is 0 Å². The molecule has 0 aliphatic heterocycles. The highest BCUT2D eigenvalue weighted by Crippen LogP contribution is 2.24. The Bertz CT molecular complexity index is 846. The molecule has 1 amide bonds. The summed E-state index contributed by atoms with van der Waals surface area (Å²) < 4.78 is 0. The fraction of sp³-hybridized carbons (Fsp3) is 0.111. The Morgan fingerprint density at radius 2 is 1.82 bits per heavy atom. The van der Waals surface area contributed by atoms with Crippen molar-refractivity contribution < 1.29 is 4.79 Å². The molecule has 1 aromatic heterocycles. The van der Waals surface area contributed by atoms with E-state index in [1.807, 2.05) is 44.2 Å².